The predicted molar refractivity (Wildman–Crippen MR) is 119 cm³/mol. The average Bonchev–Trinajstić information content (AvgIpc) is 3.03. The molecule has 1 aliphatic rings. The molecule has 0 aliphatic carbocycles. The molecule has 0 amide bonds. The van der Waals surface area contributed by atoms with Crippen molar-refractivity contribution in [3.05, 3.63) is 68.9 Å². The number of hydrogen-bond donors (Lipinski definition) is 0. The quantitative estimate of drug-likeness (QED) is 0.312. The summed E-state index contributed by atoms with van der Waals surface area (Å²) in [4.78, 5) is 18.9. The first-order chi connectivity index (χ1) is 13.1. The number of nitrogens with zero attached hydrogens (tertiary/aromatic N) is 2. The van der Waals surface area contributed by atoms with Gasteiger partial charge in [-0.1, -0.05) is 32.0 Å². The summed E-state index contributed by atoms with van der Waals surface area (Å²) >= 11 is 2.23. The number of esters is 1. The maximum atomic E-state index is 12.2. The highest BCUT2D eigenvalue weighted by Gasteiger charge is 2.24. The first-order valence-corrected chi connectivity index (χ1v) is 10.3. The van der Waals surface area contributed by atoms with Gasteiger partial charge in [0.15, 0.2) is 5.70 Å². The Morgan fingerprint density at radius 1 is 1.07 bits per heavy atom. The third-order valence-electron chi connectivity index (χ3n) is 4.24. The number of cyclic esters (lactones) is 1. The molecule has 2 aromatic carbocycles. The van der Waals surface area contributed by atoms with E-state index >= 15 is 0 Å². The maximum absolute atomic E-state index is 12.2. The Kier molecular flexibility index (Phi) is 6.66. The number of carbonyl (C=O) groups is 1. The van der Waals surface area contributed by atoms with E-state index in [0.717, 1.165) is 40.6 Å². The van der Waals surface area contributed by atoms with Gasteiger partial charge in [-0.15, -0.1) is 0 Å². The molecule has 5 heteroatoms. The summed E-state index contributed by atoms with van der Waals surface area (Å²) in [6.45, 7) is 6.47. The molecule has 0 aromatic heterocycles. The zero-order valence-corrected chi connectivity index (χ0v) is 17.8. The van der Waals surface area contributed by atoms with Crippen LogP contribution in [0.15, 0.2) is 59.2 Å². The zero-order valence-electron chi connectivity index (χ0n) is 15.6. The molecule has 0 radical (unpaired) electrons. The van der Waals surface area contributed by atoms with Crippen molar-refractivity contribution in [2.24, 2.45) is 4.99 Å². The first-order valence-electron chi connectivity index (χ1n) is 9.24. The zero-order chi connectivity index (χ0) is 19.2. The predicted octanol–water partition coefficient (Wildman–Crippen LogP) is 5.26. The summed E-state index contributed by atoms with van der Waals surface area (Å²) < 4.78 is 6.41. The van der Waals surface area contributed by atoms with Gasteiger partial charge in [0.2, 0.25) is 5.90 Å². The smallest absolute Gasteiger partial charge is 0.363 e. The van der Waals surface area contributed by atoms with E-state index < -0.39 is 5.97 Å². The Morgan fingerprint density at radius 3 is 2.41 bits per heavy atom. The summed E-state index contributed by atoms with van der Waals surface area (Å²) in [5, 5.41) is 0. The minimum atomic E-state index is -0.411. The second-order valence-corrected chi connectivity index (χ2v) is 7.67. The normalized spacial score (nSPS) is 15.0. The lowest BCUT2D eigenvalue weighted by atomic mass is 10.1. The van der Waals surface area contributed by atoms with Crippen LogP contribution in [0.5, 0.6) is 0 Å². The van der Waals surface area contributed by atoms with Gasteiger partial charge in [-0.25, -0.2) is 9.79 Å². The van der Waals surface area contributed by atoms with Crippen LogP contribution in [0.25, 0.3) is 6.08 Å². The fourth-order valence-corrected chi connectivity index (χ4v) is 3.55. The second-order valence-electron chi connectivity index (χ2n) is 6.42. The molecular formula is C22H23IN2O2. The maximum Gasteiger partial charge on any atom is 0.363 e. The lowest BCUT2D eigenvalue weighted by Gasteiger charge is -2.23. The SMILES string of the molecule is CCCN(CCC)c1ccc(/C=C2\N=C(c3cccc(I)c3)OC2=O)cc1. The van der Waals surface area contributed by atoms with Gasteiger partial charge in [-0.2, -0.15) is 0 Å². The molecule has 0 atom stereocenters. The van der Waals surface area contributed by atoms with Gasteiger partial charge in [0.25, 0.3) is 0 Å². The van der Waals surface area contributed by atoms with Crippen molar-refractivity contribution < 1.29 is 9.53 Å². The number of ether oxygens (including phenoxy) is 1. The van der Waals surface area contributed by atoms with Gasteiger partial charge in [-0.3, -0.25) is 0 Å². The Bertz CT molecular complexity index is 866. The standard InChI is InChI=1S/C22H23IN2O2/c1-3-12-25(13-4-2)19-10-8-16(9-11-19)14-20-22(26)27-21(24-20)17-6-5-7-18(23)15-17/h5-11,14-15H,3-4,12-13H2,1-2H3/b20-14-. The molecule has 0 unspecified atom stereocenters. The van der Waals surface area contributed by atoms with Crippen LogP contribution in [0.4, 0.5) is 5.69 Å². The fourth-order valence-electron chi connectivity index (χ4n) is 3.00. The lowest BCUT2D eigenvalue weighted by molar-refractivity contribution is -0.129. The highest BCUT2D eigenvalue weighted by Crippen LogP contribution is 2.22. The number of halogens is 1. The molecule has 2 aromatic rings. The molecule has 0 saturated heterocycles. The summed E-state index contributed by atoms with van der Waals surface area (Å²) in [5.74, 6) is -0.0509. The molecule has 1 heterocycles. The number of anilines is 1. The van der Waals surface area contributed by atoms with Gasteiger partial charge in [0, 0.05) is 27.9 Å². The van der Waals surface area contributed by atoms with E-state index in [1.807, 2.05) is 36.4 Å². The molecule has 0 N–H and O–H groups in total. The topological polar surface area (TPSA) is 41.9 Å². The lowest BCUT2D eigenvalue weighted by Crippen LogP contribution is -2.24. The van der Waals surface area contributed by atoms with Crippen molar-refractivity contribution >= 4 is 46.2 Å². The van der Waals surface area contributed by atoms with Crippen LogP contribution in [0, 0.1) is 3.57 Å². The Hall–Kier alpha value is -2.15. The van der Waals surface area contributed by atoms with Crippen LogP contribution in [-0.2, 0) is 9.53 Å². The summed E-state index contributed by atoms with van der Waals surface area (Å²) in [5.41, 5.74) is 3.28. The van der Waals surface area contributed by atoms with Crippen molar-refractivity contribution in [3.8, 4) is 0 Å². The Morgan fingerprint density at radius 2 is 1.78 bits per heavy atom. The molecule has 1 aliphatic heterocycles. The second kappa shape index (κ2) is 9.17. The van der Waals surface area contributed by atoms with E-state index in [4.69, 9.17) is 4.74 Å². The number of aliphatic imine (C=N–C) groups is 1. The van der Waals surface area contributed by atoms with Crippen molar-refractivity contribution in [3.63, 3.8) is 0 Å². The van der Waals surface area contributed by atoms with E-state index in [1.165, 1.54) is 5.69 Å². The molecular weight excluding hydrogens is 451 g/mol. The Labute approximate surface area is 174 Å². The van der Waals surface area contributed by atoms with E-state index in [0.29, 0.717) is 11.6 Å². The highest BCUT2D eigenvalue weighted by molar-refractivity contribution is 14.1. The summed E-state index contributed by atoms with van der Waals surface area (Å²) in [6, 6.07) is 16.0. The largest absolute Gasteiger partial charge is 0.402 e. The van der Waals surface area contributed by atoms with Gasteiger partial charge in [0.05, 0.1) is 0 Å². The van der Waals surface area contributed by atoms with Gasteiger partial charge < -0.3 is 9.64 Å². The van der Waals surface area contributed by atoms with Crippen LogP contribution in [0.1, 0.15) is 37.8 Å². The van der Waals surface area contributed by atoms with Gasteiger partial charge in [-0.05, 0) is 77.4 Å². The van der Waals surface area contributed by atoms with E-state index in [2.05, 4.69) is 58.5 Å². The molecule has 0 fully saturated rings. The first kappa shape index (κ1) is 19.6. The van der Waals surface area contributed by atoms with Crippen molar-refractivity contribution in [2.75, 3.05) is 18.0 Å². The van der Waals surface area contributed by atoms with Gasteiger partial charge >= 0.3 is 5.97 Å². The van der Waals surface area contributed by atoms with E-state index in [9.17, 15) is 4.79 Å². The van der Waals surface area contributed by atoms with Crippen molar-refractivity contribution in [1.29, 1.82) is 0 Å². The average molecular weight is 474 g/mol. The van der Waals surface area contributed by atoms with Crippen molar-refractivity contribution in [2.45, 2.75) is 26.7 Å². The number of benzene rings is 2. The molecule has 0 bridgehead atoms. The van der Waals surface area contributed by atoms with Crippen LogP contribution in [0.3, 0.4) is 0 Å². The van der Waals surface area contributed by atoms with Gasteiger partial charge in [0.1, 0.15) is 0 Å². The minimum absolute atomic E-state index is 0.329. The molecule has 140 valence electrons. The van der Waals surface area contributed by atoms with Crippen LogP contribution >= 0.6 is 22.6 Å². The van der Waals surface area contributed by atoms with E-state index in [-0.39, 0.29) is 0 Å². The van der Waals surface area contributed by atoms with Crippen LogP contribution in [-0.4, -0.2) is 25.0 Å². The monoisotopic (exact) mass is 474 g/mol. The molecule has 27 heavy (non-hydrogen) atoms. The Balaban J connectivity index is 1.80. The molecule has 3 rings (SSSR count). The fraction of sp³-hybridized carbons (Fsp3) is 0.273. The minimum Gasteiger partial charge on any atom is -0.402 e. The van der Waals surface area contributed by atoms with E-state index in [1.54, 1.807) is 6.08 Å². The third kappa shape index (κ3) is 4.97. The number of hydrogen-bond acceptors (Lipinski definition) is 4. The number of rotatable bonds is 7. The summed E-state index contributed by atoms with van der Waals surface area (Å²) in [7, 11) is 0. The molecule has 0 spiro atoms. The number of carbonyl (C=O) groups excluding carboxylic acids is 1. The van der Waals surface area contributed by atoms with Crippen LogP contribution in [0.2, 0.25) is 0 Å². The third-order valence-corrected chi connectivity index (χ3v) is 4.91. The van der Waals surface area contributed by atoms with Crippen molar-refractivity contribution in [1.82, 2.24) is 0 Å². The molecule has 0 saturated carbocycles. The van der Waals surface area contributed by atoms with Crippen LogP contribution < -0.4 is 4.90 Å². The summed E-state index contributed by atoms with van der Waals surface area (Å²) in [6.07, 6.45) is 4.01. The highest BCUT2D eigenvalue weighted by atomic mass is 127. The molecule has 4 nitrogen and oxygen atoms in total.